The van der Waals surface area contributed by atoms with E-state index in [-0.39, 0.29) is 0 Å². The standard InChI is InChI=1S/C14H13BrClNO/c1-8-6-13(17-7-12(8)15)18-14-9(2)4-11(16)5-10(14)3/h4-7H,1-3H3. The number of benzene rings is 1. The van der Waals surface area contributed by atoms with E-state index in [1.165, 1.54) is 0 Å². The van der Waals surface area contributed by atoms with E-state index in [0.717, 1.165) is 31.9 Å². The molecule has 1 aromatic carbocycles. The molecule has 0 unspecified atom stereocenters. The fraction of sp³-hybridized carbons (Fsp3) is 0.214. The van der Waals surface area contributed by atoms with Gasteiger partial charge in [0.25, 0.3) is 0 Å². The molecule has 18 heavy (non-hydrogen) atoms. The van der Waals surface area contributed by atoms with Gasteiger partial charge in [0.05, 0.1) is 0 Å². The highest BCUT2D eigenvalue weighted by atomic mass is 79.9. The van der Waals surface area contributed by atoms with Gasteiger partial charge >= 0.3 is 0 Å². The number of hydrogen-bond acceptors (Lipinski definition) is 2. The molecule has 0 aliphatic carbocycles. The molecule has 0 saturated heterocycles. The summed E-state index contributed by atoms with van der Waals surface area (Å²) in [5.41, 5.74) is 3.09. The van der Waals surface area contributed by atoms with E-state index in [2.05, 4.69) is 20.9 Å². The van der Waals surface area contributed by atoms with Gasteiger partial charge in [-0.3, -0.25) is 0 Å². The van der Waals surface area contributed by atoms with Crippen LogP contribution >= 0.6 is 27.5 Å². The molecule has 0 aliphatic heterocycles. The summed E-state index contributed by atoms with van der Waals surface area (Å²) in [5.74, 6) is 1.40. The summed E-state index contributed by atoms with van der Waals surface area (Å²) in [7, 11) is 0. The van der Waals surface area contributed by atoms with Gasteiger partial charge in [-0.25, -0.2) is 4.98 Å². The van der Waals surface area contributed by atoms with Crippen molar-refractivity contribution in [1.29, 1.82) is 0 Å². The first-order valence-electron chi connectivity index (χ1n) is 5.54. The molecule has 0 saturated carbocycles. The highest BCUT2D eigenvalue weighted by molar-refractivity contribution is 9.10. The Hall–Kier alpha value is -1.06. The van der Waals surface area contributed by atoms with Gasteiger partial charge in [0.2, 0.25) is 5.88 Å². The molecule has 2 nitrogen and oxygen atoms in total. The molecule has 0 spiro atoms. The normalized spacial score (nSPS) is 10.5. The lowest BCUT2D eigenvalue weighted by Crippen LogP contribution is -1.94. The Kier molecular flexibility index (Phi) is 3.93. The summed E-state index contributed by atoms with van der Waals surface area (Å²) in [4.78, 5) is 4.24. The molecule has 94 valence electrons. The van der Waals surface area contributed by atoms with Gasteiger partial charge in [0.1, 0.15) is 5.75 Å². The lowest BCUT2D eigenvalue weighted by molar-refractivity contribution is 0.455. The van der Waals surface area contributed by atoms with E-state index in [0.29, 0.717) is 5.88 Å². The zero-order valence-corrected chi connectivity index (χ0v) is 12.8. The fourth-order valence-corrected chi connectivity index (χ4v) is 2.28. The van der Waals surface area contributed by atoms with Crippen molar-refractivity contribution in [2.24, 2.45) is 0 Å². The van der Waals surface area contributed by atoms with Gasteiger partial charge in [0, 0.05) is 21.8 Å². The van der Waals surface area contributed by atoms with E-state index >= 15 is 0 Å². The summed E-state index contributed by atoms with van der Waals surface area (Å²) in [6.07, 6.45) is 1.74. The zero-order chi connectivity index (χ0) is 13.3. The number of pyridine rings is 1. The fourth-order valence-electron chi connectivity index (χ4n) is 1.73. The molecule has 0 fully saturated rings. The lowest BCUT2D eigenvalue weighted by atomic mass is 10.1. The van der Waals surface area contributed by atoms with Crippen LogP contribution in [0.2, 0.25) is 5.02 Å². The van der Waals surface area contributed by atoms with Gasteiger partial charge in [-0.1, -0.05) is 11.6 Å². The first-order valence-corrected chi connectivity index (χ1v) is 6.71. The minimum atomic E-state index is 0.587. The Morgan fingerprint density at radius 2 is 1.67 bits per heavy atom. The van der Waals surface area contributed by atoms with Crippen LogP contribution in [0, 0.1) is 20.8 Å². The SMILES string of the molecule is Cc1cc(Oc2c(C)cc(Cl)cc2C)ncc1Br. The van der Waals surface area contributed by atoms with Crippen LogP contribution in [0.5, 0.6) is 11.6 Å². The van der Waals surface area contributed by atoms with Gasteiger partial charge in [-0.2, -0.15) is 0 Å². The molecule has 0 bridgehead atoms. The van der Waals surface area contributed by atoms with Crippen LogP contribution in [0.3, 0.4) is 0 Å². The highest BCUT2D eigenvalue weighted by Gasteiger charge is 2.08. The Morgan fingerprint density at radius 3 is 2.22 bits per heavy atom. The number of nitrogens with zero attached hydrogens (tertiary/aromatic N) is 1. The topological polar surface area (TPSA) is 22.1 Å². The van der Waals surface area contributed by atoms with E-state index in [1.807, 2.05) is 39.0 Å². The van der Waals surface area contributed by atoms with Crippen molar-refractivity contribution in [2.45, 2.75) is 20.8 Å². The smallest absolute Gasteiger partial charge is 0.219 e. The third-order valence-corrected chi connectivity index (χ3v) is 3.70. The van der Waals surface area contributed by atoms with Gasteiger partial charge in [0.15, 0.2) is 0 Å². The van der Waals surface area contributed by atoms with Crippen LogP contribution in [0.15, 0.2) is 28.9 Å². The van der Waals surface area contributed by atoms with Crippen molar-refractivity contribution in [2.75, 3.05) is 0 Å². The van der Waals surface area contributed by atoms with Crippen LogP contribution in [-0.4, -0.2) is 4.98 Å². The molecule has 0 aliphatic rings. The van der Waals surface area contributed by atoms with Crippen LogP contribution in [-0.2, 0) is 0 Å². The first-order chi connectivity index (χ1) is 8.47. The van der Waals surface area contributed by atoms with Crippen molar-refractivity contribution >= 4 is 27.5 Å². The van der Waals surface area contributed by atoms with Crippen molar-refractivity contribution in [3.05, 3.63) is 50.6 Å². The molecule has 2 aromatic rings. The van der Waals surface area contributed by atoms with Gasteiger partial charge in [-0.05, 0) is 65.5 Å². The molecular formula is C14H13BrClNO. The molecule has 1 aromatic heterocycles. The molecule has 4 heteroatoms. The Labute approximate surface area is 120 Å². The molecule has 0 N–H and O–H groups in total. The predicted molar refractivity (Wildman–Crippen MR) is 77.7 cm³/mol. The number of hydrogen-bond donors (Lipinski definition) is 0. The lowest BCUT2D eigenvalue weighted by Gasteiger charge is -2.12. The summed E-state index contributed by atoms with van der Waals surface area (Å²) in [5, 5.41) is 0.720. The Morgan fingerprint density at radius 1 is 1.06 bits per heavy atom. The van der Waals surface area contributed by atoms with Crippen LogP contribution in [0.25, 0.3) is 0 Å². The third-order valence-electron chi connectivity index (χ3n) is 2.65. The van der Waals surface area contributed by atoms with Gasteiger partial charge in [-0.15, -0.1) is 0 Å². The summed E-state index contributed by atoms with van der Waals surface area (Å²) < 4.78 is 6.81. The van der Waals surface area contributed by atoms with E-state index < -0.39 is 0 Å². The van der Waals surface area contributed by atoms with Crippen molar-refractivity contribution in [1.82, 2.24) is 4.98 Å². The Balaban J connectivity index is 2.37. The molecular weight excluding hydrogens is 314 g/mol. The van der Waals surface area contributed by atoms with Gasteiger partial charge < -0.3 is 4.74 Å². The van der Waals surface area contributed by atoms with Crippen molar-refractivity contribution in [3.8, 4) is 11.6 Å². The zero-order valence-electron chi connectivity index (χ0n) is 10.4. The van der Waals surface area contributed by atoms with E-state index in [9.17, 15) is 0 Å². The predicted octanol–water partition coefficient (Wildman–Crippen LogP) is 5.22. The summed E-state index contributed by atoms with van der Waals surface area (Å²) >= 11 is 9.41. The average Bonchev–Trinajstić information content (AvgIpc) is 2.28. The largest absolute Gasteiger partial charge is 0.438 e. The van der Waals surface area contributed by atoms with Crippen LogP contribution in [0.4, 0.5) is 0 Å². The number of aryl methyl sites for hydroxylation is 3. The maximum absolute atomic E-state index is 5.99. The summed E-state index contributed by atoms with van der Waals surface area (Å²) in [6.45, 7) is 5.94. The molecule has 0 amide bonds. The monoisotopic (exact) mass is 325 g/mol. The van der Waals surface area contributed by atoms with Crippen LogP contribution in [0.1, 0.15) is 16.7 Å². The van der Waals surface area contributed by atoms with E-state index in [4.69, 9.17) is 16.3 Å². The number of halogens is 2. The third kappa shape index (κ3) is 2.85. The average molecular weight is 327 g/mol. The van der Waals surface area contributed by atoms with E-state index in [1.54, 1.807) is 6.20 Å². The molecule has 0 radical (unpaired) electrons. The summed E-state index contributed by atoms with van der Waals surface area (Å²) in [6, 6.07) is 5.67. The number of rotatable bonds is 2. The second-order valence-electron chi connectivity index (χ2n) is 4.24. The highest BCUT2D eigenvalue weighted by Crippen LogP contribution is 2.31. The molecule has 2 rings (SSSR count). The second-order valence-corrected chi connectivity index (χ2v) is 5.53. The minimum absolute atomic E-state index is 0.587. The second kappa shape index (κ2) is 5.29. The molecule has 0 atom stereocenters. The Bertz CT molecular complexity index is 575. The quantitative estimate of drug-likeness (QED) is 0.755. The van der Waals surface area contributed by atoms with Crippen molar-refractivity contribution in [3.63, 3.8) is 0 Å². The minimum Gasteiger partial charge on any atom is -0.438 e. The number of ether oxygens (including phenoxy) is 1. The number of aromatic nitrogens is 1. The first kappa shape index (κ1) is 13.4. The molecule has 1 heterocycles. The maximum Gasteiger partial charge on any atom is 0.219 e. The van der Waals surface area contributed by atoms with Crippen LogP contribution < -0.4 is 4.74 Å². The maximum atomic E-state index is 5.99. The van der Waals surface area contributed by atoms with Crippen molar-refractivity contribution < 1.29 is 4.74 Å².